The maximum absolute atomic E-state index is 5.43. The third-order valence-electron chi connectivity index (χ3n) is 3.08. The van der Waals surface area contributed by atoms with E-state index in [1.807, 2.05) is 0 Å². The Morgan fingerprint density at radius 2 is 2.24 bits per heavy atom. The van der Waals surface area contributed by atoms with Crippen molar-refractivity contribution in [2.24, 2.45) is 0 Å². The summed E-state index contributed by atoms with van der Waals surface area (Å²) in [4.78, 5) is 2.29. The molecule has 0 aromatic heterocycles. The smallest absolute Gasteiger partial charge is 0.118 e. The quantitative estimate of drug-likeness (QED) is 0.580. The second-order valence-electron chi connectivity index (χ2n) is 4.25. The summed E-state index contributed by atoms with van der Waals surface area (Å²) in [5.74, 6) is 0. The van der Waals surface area contributed by atoms with Gasteiger partial charge >= 0.3 is 0 Å². The fourth-order valence-electron chi connectivity index (χ4n) is 2.11. The maximum atomic E-state index is 5.43. The van der Waals surface area contributed by atoms with Gasteiger partial charge in [0.25, 0.3) is 0 Å². The Morgan fingerprint density at radius 3 is 3.06 bits per heavy atom. The van der Waals surface area contributed by atoms with Gasteiger partial charge in [-0.25, -0.2) is 0 Å². The molecule has 0 bridgehead atoms. The summed E-state index contributed by atoms with van der Waals surface area (Å²) in [6.45, 7) is 5.25. The van der Waals surface area contributed by atoms with E-state index in [2.05, 4.69) is 47.7 Å². The lowest BCUT2D eigenvalue weighted by Crippen LogP contribution is -2.20. The molecule has 17 heavy (non-hydrogen) atoms. The normalized spacial score (nSPS) is 13.9. The molecular formula is C13H21N3O. The first-order chi connectivity index (χ1) is 8.33. The van der Waals surface area contributed by atoms with Crippen LogP contribution < -0.4 is 15.5 Å². The molecule has 4 heteroatoms. The molecule has 0 radical (unpaired) electrons. The molecule has 4 nitrogen and oxygen atoms in total. The maximum Gasteiger partial charge on any atom is 0.118 e. The minimum Gasteiger partial charge on any atom is -0.374 e. The van der Waals surface area contributed by atoms with Crippen LogP contribution in [0.3, 0.4) is 0 Å². The Balaban J connectivity index is 1.89. The van der Waals surface area contributed by atoms with Gasteiger partial charge in [0.2, 0.25) is 0 Å². The van der Waals surface area contributed by atoms with Crippen LogP contribution in [0.25, 0.3) is 0 Å². The van der Waals surface area contributed by atoms with E-state index in [0.717, 1.165) is 19.5 Å². The number of ether oxygens (including phenoxy) is 1. The molecule has 2 rings (SSSR count). The van der Waals surface area contributed by atoms with Gasteiger partial charge in [0.05, 0.1) is 6.73 Å². The molecule has 0 amide bonds. The first kappa shape index (κ1) is 12.2. The minimum atomic E-state index is 0.549. The number of hydrogen-bond donors (Lipinski definition) is 2. The Kier molecular flexibility index (Phi) is 4.23. The van der Waals surface area contributed by atoms with Crippen molar-refractivity contribution in [1.29, 1.82) is 0 Å². The van der Waals surface area contributed by atoms with Gasteiger partial charge in [0.1, 0.15) is 6.73 Å². The van der Waals surface area contributed by atoms with Crippen LogP contribution in [0, 0.1) is 0 Å². The van der Waals surface area contributed by atoms with Crippen LogP contribution in [-0.2, 0) is 11.2 Å². The van der Waals surface area contributed by atoms with Crippen molar-refractivity contribution >= 4 is 11.4 Å². The van der Waals surface area contributed by atoms with E-state index < -0.39 is 0 Å². The van der Waals surface area contributed by atoms with Crippen molar-refractivity contribution in [3.05, 3.63) is 23.8 Å². The average Bonchev–Trinajstić information content (AvgIpc) is 2.72. The molecule has 0 saturated carbocycles. The van der Waals surface area contributed by atoms with Gasteiger partial charge in [-0.05, 0) is 25.1 Å². The number of likely N-dealkylation sites (N-methyl/N-ethyl adjacent to an activating group) is 1. The van der Waals surface area contributed by atoms with Gasteiger partial charge in [0.15, 0.2) is 0 Å². The molecule has 94 valence electrons. The lowest BCUT2D eigenvalue weighted by atomic mass is 10.1. The highest BCUT2D eigenvalue weighted by Gasteiger charge is 2.17. The van der Waals surface area contributed by atoms with Crippen LogP contribution in [0.1, 0.15) is 12.5 Å². The first-order valence-corrected chi connectivity index (χ1v) is 6.18. The number of rotatable bonds is 6. The van der Waals surface area contributed by atoms with Crippen LogP contribution >= 0.6 is 0 Å². The summed E-state index contributed by atoms with van der Waals surface area (Å²) in [5, 5.41) is 6.46. The highest BCUT2D eigenvalue weighted by molar-refractivity contribution is 5.69. The molecule has 0 atom stereocenters. The zero-order chi connectivity index (χ0) is 12.1. The minimum absolute atomic E-state index is 0.549. The number of hydrogen-bond acceptors (Lipinski definition) is 4. The predicted octanol–water partition coefficient (Wildman–Crippen LogP) is 1.63. The van der Waals surface area contributed by atoms with Gasteiger partial charge in [-0.15, -0.1) is 0 Å². The molecule has 1 aromatic carbocycles. The van der Waals surface area contributed by atoms with Crippen molar-refractivity contribution in [3.8, 4) is 0 Å². The van der Waals surface area contributed by atoms with Crippen LogP contribution in [0.4, 0.5) is 11.4 Å². The van der Waals surface area contributed by atoms with Crippen molar-refractivity contribution in [2.75, 3.05) is 43.8 Å². The van der Waals surface area contributed by atoms with Gasteiger partial charge < -0.3 is 15.0 Å². The molecule has 1 aliphatic rings. The second kappa shape index (κ2) is 5.89. The zero-order valence-electron chi connectivity index (χ0n) is 10.6. The molecule has 0 aliphatic carbocycles. The van der Waals surface area contributed by atoms with Crippen molar-refractivity contribution < 1.29 is 4.74 Å². The van der Waals surface area contributed by atoms with E-state index in [-0.39, 0.29) is 0 Å². The van der Waals surface area contributed by atoms with E-state index in [1.54, 1.807) is 0 Å². The van der Waals surface area contributed by atoms with Crippen molar-refractivity contribution in [1.82, 2.24) is 5.32 Å². The van der Waals surface area contributed by atoms with Crippen molar-refractivity contribution in [2.45, 2.75) is 13.3 Å². The van der Waals surface area contributed by atoms with Gasteiger partial charge in [0, 0.05) is 30.5 Å². The van der Waals surface area contributed by atoms with Crippen LogP contribution in [-0.4, -0.2) is 33.6 Å². The van der Waals surface area contributed by atoms with E-state index in [0.29, 0.717) is 13.5 Å². The lowest BCUT2D eigenvalue weighted by Gasteiger charge is -2.14. The van der Waals surface area contributed by atoms with Crippen LogP contribution in [0.15, 0.2) is 18.2 Å². The summed E-state index contributed by atoms with van der Waals surface area (Å²) >= 11 is 0. The largest absolute Gasteiger partial charge is 0.374 e. The van der Waals surface area contributed by atoms with Crippen LogP contribution in [0.5, 0.6) is 0 Å². The summed E-state index contributed by atoms with van der Waals surface area (Å²) in [6, 6.07) is 6.38. The predicted molar refractivity (Wildman–Crippen MR) is 71.5 cm³/mol. The van der Waals surface area contributed by atoms with Crippen LogP contribution in [0.2, 0.25) is 0 Å². The molecule has 0 unspecified atom stereocenters. The van der Waals surface area contributed by atoms with E-state index in [1.165, 1.54) is 16.9 Å². The fraction of sp³-hybridized carbons (Fsp3) is 0.538. The van der Waals surface area contributed by atoms with Crippen molar-refractivity contribution in [3.63, 3.8) is 0 Å². The molecule has 1 aliphatic heterocycles. The molecule has 1 aromatic rings. The number of nitrogens with zero attached hydrogens (tertiary/aromatic N) is 1. The highest BCUT2D eigenvalue weighted by atomic mass is 16.5. The summed E-state index contributed by atoms with van der Waals surface area (Å²) in [6.07, 6.45) is 1.11. The zero-order valence-corrected chi connectivity index (χ0v) is 10.6. The van der Waals surface area contributed by atoms with Gasteiger partial charge in [-0.1, -0.05) is 13.0 Å². The third kappa shape index (κ3) is 2.90. The van der Waals surface area contributed by atoms with E-state index in [9.17, 15) is 0 Å². The Morgan fingerprint density at radius 1 is 1.35 bits per heavy atom. The Hall–Kier alpha value is -1.26. The molecule has 0 spiro atoms. The SMILES string of the molecule is CCNCOCNc1cccc2c1CCN2C. The number of benzene rings is 1. The molecular weight excluding hydrogens is 214 g/mol. The monoisotopic (exact) mass is 235 g/mol. The van der Waals surface area contributed by atoms with Gasteiger partial charge in [-0.3, -0.25) is 5.32 Å². The van der Waals surface area contributed by atoms with E-state index in [4.69, 9.17) is 4.74 Å². The van der Waals surface area contributed by atoms with E-state index >= 15 is 0 Å². The average molecular weight is 235 g/mol. The molecule has 0 fully saturated rings. The molecule has 1 heterocycles. The number of nitrogens with one attached hydrogen (secondary N) is 2. The lowest BCUT2D eigenvalue weighted by molar-refractivity contribution is 0.134. The molecule has 2 N–H and O–H groups in total. The Labute approximate surface area is 103 Å². The number of anilines is 2. The summed E-state index contributed by atoms with van der Waals surface area (Å²) < 4.78 is 5.43. The number of fused-ring (bicyclic) bond motifs is 1. The standard InChI is InChI=1S/C13H21N3O/c1-3-14-9-17-10-15-12-5-4-6-13-11(12)7-8-16(13)2/h4-6,14-15H,3,7-10H2,1-2H3. The topological polar surface area (TPSA) is 36.5 Å². The molecule has 0 saturated heterocycles. The Bertz CT molecular complexity index is 368. The first-order valence-electron chi connectivity index (χ1n) is 6.18. The third-order valence-corrected chi connectivity index (χ3v) is 3.08. The summed E-state index contributed by atoms with van der Waals surface area (Å²) in [7, 11) is 2.14. The van der Waals surface area contributed by atoms with Gasteiger partial charge in [-0.2, -0.15) is 0 Å². The fourth-order valence-corrected chi connectivity index (χ4v) is 2.11. The highest BCUT2D eigenvalue weighted by Crippen LogP contribution is 2.32. The second-order valence-corrected chi connectivity index (χ2v) is 4.25. The summed E-state index contributed by atoms with van der Waals surface area (Å²) in [5.41, 5.74) is 3.94.